The van der Waals surface area contributed by atoms with Crippen molar-refractivity contribution < 1.29 is 14.3 Å². The van der Waals surface area contributed by atoms with Crippen LogP contribution in [0.1, 0.15) is 24.4 Å². The van der Waals surface area contributed by atoms with Gasteiger partial charge in [0.15, 0.2) is 0 Å². The van der Waals surface area contributed by atoms with E-state index in [-0.39, 0.29) is 18.4 Å². The van der Waals surface area contributed by atoms with Crippen LogP contribution < -0.4 is 20.6 Å². The average Bonchev–Trinajstić information content (AvgIpc) is 3.24. The Balaban J connectivity index is 1.79. The van der Waals surface area contributed by atoms with Crippen LogP contribution in [0.25, 0.3) is 0 Å². The number of rotatable bonds is 9. The largest absolute Gasteiger partial charge is 0.497 e. The van der Waals surface area contributed by atoms with Gasteiger partial charge in [0.25, 0.3) is 5.91 Å². The fraction of sp³-hybridized carbons (Fsp3) is 0.320. The van der Waals surface area contributed by atoms with E-state index >= 15 is 0 Å². The van der Waals surface area contributed by atoms with E-state index in [9.17, 15) is 9.59 Å². The number of aryl methyl sites for hydroxylation is 1. The number of anilines is 1. The van der Waals surface area contributed by atoms with Crippen LogP contribution in [0.4, 0.5) is 5.69 Å². The molecule has 2 amide bonds. The Labute approximate surface area is 196 Å². The van der Waals surface area contributed by atoms with Gasteiger partial charge in [0.05, 0.1) is 15.2 Å². The number of carbonyl (C=O) groups is 2. The van der Waals surface area contributed by atoms with Crippen molar-refractivity contribution in [2.45, 2.75) is 45.6 Å². The summed E-state index contributed by atoms with van der Waals surface area (Å²) >= 11 is 0. The minimum absolute atomic E-state index is 0.0913. The summed E-state index contributed by atoms with van der Waals surface area (Å²) in [7, 11) is 0.155. The molecule has 2 aromatic carbocycles. The van der Waals surface area contributed by atoms with Gasteiger partial charge in [-0.25, -0.2) is 4.98 Å². The van der Waals surface area contributed by atoms with Crippen LogP contribution in [0.2, 0.25) is 19.6 Å². The monoisotopic (exact) mass is 464 g/mol. The van der Waals surface area contributed by atoms with Gasteiger partial charge >= 0.3 is 0 Å². The number of benzene rings is 2. The lowest BCUT2D eigenvalue weighted by Crippen LogP contribution is -2.39. The van der Waals surface area contributed by atoms with E-state index in [0.29, 0.717) is 17.0 Å². The van der Waals surface area contributed by atoms with Crippen LogP contribution in [0.5, 0.6) is 5.75 Å². The molecule has 0 saturated carbocycles. The van der Waals surface area contributed by atoms with Crippen molar-refractivity contribution in [3.63, 3.8) is 0 Å². The highest BCUT2D eigenvalue weighted by molar-refractivity contribution is 6.88. The maximum Gasteiger partial charge on any atom is 0.251 e. The molecule has 0 aliphatic carbocycles. The third-order valence-electron chi connectivity index (χ3n) is 5.47. The Morgan fingerprint density at radius 1 is 1.06 bits per heavy atom. The molecule has 8 heteroatoms. The first-order valence-corrected chi connectivity index (χ1v) is 14.6. The van der Waals surface area contributed by atoms with Gasteiger partial charge in [-0.2, -0.15) is 0 Å². The van der Waals surface area contributed by atoms with Crippen molar-refractivity contribution in [1.82, 2.24) is 14.9 Å². The average molecular weight is 465 g/mol. The van der Waals surface area contributed by atoms with E-state index in [0.717, 1.165) is 12.2 Å². The minimum atomic E-state index is -1.43. The highest BCUT2D eigenvalue weighted by atomic mass is 28.3. The number of carbonyl (C=O) groups excluding carboxylic acids is 2. The predicted molar refractivity (Wildman–Crippen MR) is 134 cm³/mol. The number of hydrogen-bond donors (Lipinski definition) is 2. The summed E-state index contributed by atoms with van der Waals surface area (Å²) in [6, 6.07) is 14.2. The molecule has 33 heavy (non-hydrogen) atoms. The Kier molecular flexibility index (Phi) is 7.70. The van der Waals surface area contributed by atoms with Crippen molar-refractivity contribution in [2.24, 2.45) is 0 Å². The molecule has 0 aliphatic rings. The predicted octanol–water partition coefficient (Wildman–Crippen LogP) is 3.50. The number of methoxy groups -OCH3 is 1. The number of nitrogens with zero attached hydrogens (tertiary/aromatic N) is 2. The maximum absolute atomic E-state index is 13.2. The lowest BCUT2D eigenvalue weighted by atomic mass is 10.1. The maximum atomic E-state index is 13.2. The first-order chi connectivity index (χ1) is 15.7. The smallest absolute Gasteiger partial charge is 0.251 e. The van der Waals surface area contributed by atoms with Crippen LogP contribution in [0.3, 0.4) is 0 Å². The molecule has 3 aromatic rings. The van der Waals surface area contributed by atoms with E-state index < -0.39 is 14.1 Å². The molecule has 1 aromatic heterocycles. The van der Waals surface area contributed by atoms with Crippen molar-refractivity contribution in [3.05, 3.63) is 72.3 Å². The van der Waals surface area contributed by atoms with Crippen molar-refractivity contribution in [2.75, 3.05) is 12.4 Å². The molecule has 0 spiro atoms. The highest BCUT2D eigenvalue weighted by Gasteiger charge is 2.24. The lowest BCUT2D eigenvalue weighted by Gasteiger charge is -2.21. The summed E-state index contributed by atoms with van der Waals surface area (Å²) < 4.78 is 7.01. The fourth-order valence-electron chi connectivity index (χ4n) is 3.52. The number of ether oxygens (including phenoxy) is 1. The summed E-state index contributed by atoms with van der Waals surface area (Å²) in [6.07, 6.45) is 4.15. The number of aromatic nitrogens is 2. The van der Waals surface area contributed by atoms with Gasteiger partial charge in [0.1, 0.15) is 24.2 Å². The van der Waals surface area contributed by atoms with Gasteiger partial charge in [0.2, 0.25) is 5.91 Å². The molecule has 0 bridgehead atoms. The van der Waals surface area contributed by atoms with Gasteiger partial charge in [-0.15, -0.1) is 0 Å². The number of nitrogens with one attached hydrogen (secondary N) is 2. The molecule has 1 heterocycles. The molecular formula is C25H32N4O3Si. The molecule has 2 N–H and O–H groups in total. The topological polar surface area (TPSA) is 85.2 Å². The quantitative estimate of drug-likeness (QED) is 0.475. The number of hydrogen-bond acceptors (Lipinski definition) is 4. The third kappa shape index (κ3) is 6.32. The molecule has 1 unspecified atom stereocenters. The Bertz CT molecular complexity index is 1090. The van der Waals surface area contributed by atoms with Gasteiger partial charge in [-0.1, -0.05) is 56.0 Å². The highest BCUT2D eigenvalue weighted by Crippen LogP contribution is 2.20. The van der Waals surface area contributed by atoms with Crippen LogP contribution in [-0.4, -0.2) is 36.5 Å². The summed E-state index contributed by atoms with van der Waals surface area (Å²) in [5, 5.41) is 7.14. The number of amides is 2. The van der Waals surface area contributed by atoms with E-state index in [1.807, 2.05) is 19.1 Å². The molecule has 174 valence electrons. The SMILES string of the molecule is CCc1nccn1CC(=O)NC(C(=O)Nc1ccc([Si](C)(C)C)cc1)c1ccc(OC)cc1. The van der Waals surface area contributed by atoms with Gasteiger partial charge < -0.3 is 19.9 Å². The van der Waals surface area contributed by atoms with Crippen LogP contribution in [-0.2, 0) is 22.6 Å². The molecule has 0 radical (unpaired) electrons. The summed E-state index contributed by atoms with van der Waals surface area (Å²) in [5.74, 6) is 0.915. The second-order valence-electron chi connectivity index (χ2n) is 8.92. The van der Waals surface area contributed by atoms with Crippen molar-refractivity contribution >= 4 is 30.8 Å². The van der Waals surface area contributed by atoms with E-state index in [1.54, 1.807) is 48.3 Å². The minimum Gasteiger partial charge on any atom is -0.497 e. The number of imidazole rings is 1. The second kappa shape index (κ2) is 10.5. The molecule has 0 aliphatic heterocycles. The summed E-state index contributed by atoms with van der Waals surface area (Å²) in [4.78, 5) is 30.3. The van der Waals surface area contributed by atoms with Crippen LogP contribution in [0.15, 0.2) is 60.9 Å². The normalized spacial score (nSPS) is 12.2. The molecule has 7 nitrogen and oxygen atoms in total. The molecule has 3 rings (SSSR count). The standard InChI is InChI=1S/C25H32N4O3Si/c1-6-22-26-15-16-29(22)17-23(30)28-24(18-7-11-20(32-2)12-8-18)25(31)27-19-9-13-21(14-10-19)33(3,4)5/h7-16,24H,6,17H2,1-5H3,(H,27,31)(H,28,30). The zero-order valence-corrected chi connectivity index (χ0v) is 20.9. The summed E-state index contributed by atoms with van der Waals surface area (Å²) in [6.45, 7) is 8.91. The van der Waals surface area contributed by atoms with Crippen molar-refractivity contribution in [3.8, 4) is 5.75 Å². The van der Waals surface area contributed by atoms with Crippen LogP contribution >= 0.6 is 0 Å². The Hall–Kier alpha value is -3.39. The van der Waals surface area contributed by atoms with E-state index in [2.05, 4.69) is 47.4 Å². The molecule has 0 fully saturated rings. The zero-order chi connectivity index (χ0) is 24.0. The van der Waals surface area contributed by atoms with Gasteiger partial charge in [0, 0.05) is 24.5 Å². The zero-order valence-electron chi connectivity index (χ0n) is 19.9. The first kappa shape index (κ1) is 24.3. The Morgan fingerprint density at radius 2 is 1.73 bits per heavy atom. The van der Waals surface area contributed by atoms with Crippen LogP contribution in [0, 0.1) is 0 Å². The third-order valence-corrected chi connectivity index (χ3v) is 7.53. The van der Waals surface area contributed by atoms with Gasteiger partial charge in [-0.3, -0.25) is 9.59 Å². The first-order valence-electron chi connectivity index (χ1n) is 11.1. The Morgan fingerprint density at radius 3 is 2.30 bits per heavy atom. The molecule has 1 atom stereocenters. The fourth-order valence-corrected chi connectivity index (χ4v) is 4.69. The molecule has 0 saturated heterocycles. The van der Waals surface area contributed by atoms with Gasteiger partial charge in [-0.05, 0) is 29.8 Å². The molecular weight excluding hydrogens is 432 g/mol. The van der Waals surface area contributed by atoms with E-state index in [1.165, 1.54) is 5.19 Å². The van der Waals surface area contributed by atoms with E-state index in [4.69, 9.17) is 4.74 Å². The van der Waals surface area contributed by atoms with Crippen molar-refractivity contribution in [1.29, 1.82) is 0 Å². The second-order valence-corrected chi connectivity index (χ2v) is 14.0. The summed E-state index contributed by atoms with van der Waals surface area (Å²) in [5.41, 5.74) is 1.36. The lowest BCUT2D eigenvalue weighted by molar-refractivity contribution is -0.127.